The number of hydrogen-bond donors (Lipinski definition) is 3. The van der Waals surface area contributed by atoms with Crippen LogP contribution in [-0.4, -0.2) is 68.4 Å². The molecular weight excluding hydrogens is 315 g/mol. The number of Topliss-reactive ketones (excluding diaryl/α,β-unsaturated/α-hetero) is 1. The van der Waals surface area contributed by atoms with Gasteiger partial charge in [0.1, 0.15) is 5.78 Å². The molecule has 1 aliphatic heterocycles. The summed E-state index contributed by atoms with van der Waals surface area (Å²) in [5.74, 6) is 5.04. The number of carbonyl (C=O) groups is 1. The van der Waals surface area contributed by atoms with Gasteiger partial charge < -0.3 is 15.3 Å². The normalized spacial score (nSPS) is 26.9. The zero-order chi connectivity index (χ0) is 17.7. The number of aromatic nitrogens is 1. The fourth-order valence-electron chi connectivity index (χ4n) is 2.84. The molecule has 0 aromatic carbocycles. The highest BCUT2D eigenvalue weighted by Crippen LogP contribution is 2.27. The van der Waals surface area contributed by atoms with Crippen LogP contribution in [0.5, 0.6) is 0 Å². The van der Waals surface area contributed by atoms with Gasteiger partial charge in [0.25, 0.3) is 0 Å². The van der Waals surface area contributed by atoms with Crippen LogP contribution in [0.3, 0.4) is 0 Å². The number of rotatable bonds is 5. The van der Waals surface area contributed by atoms with Gasteiger partial charge >= 0.3 is 0 Å². The maximum absolute atomic E-state index is 12.8. The Kier molecular flexibility index (Phi) is 6.40. The molecule has 1 saturated heterocycles. The van der Waals surface area contributed by atoms with Gasteiger partial charge in [-0.1, -0.05) is 18.8 Å². The lowest BCUT2D eigenvalue weighted by atomic mass is 10.0. The third-order valence-electron chi connectivity index (χ3n) is 4.23. The molecule has 0 amide bonds. The SMILES string of the molecule is CCC(=O)C[C@@H]1[C@@H](O)[C@H](O)[C@@H](CO)N1CC#Cc1ccc(F)nc1. The van der Waals surface area contributed by atoms with Crippen LogP contribution >= 0.6 is 0 Å². The molecule has 6 nitrogen and oxygen atoms in total. The highest BCUT2D eigenvalue weighted by Gasteiger charge is 2.47. The van der Waals surface area contributed by atoms with Gasteiger partial charge in [0.05, 0.1) is 31.4 Å². The minimum atomic E-state index is -1.14. The quantitative estimate of drug-likeness (QED) is 0.505. The van der Waals surface area contributed by atoms with E-state index in [2.05, 4.69) is 16.8 Å². The van der Waals surface area contributed by atoms with E-state index in [1.165, 1.54) is 18.3 Å². The van der Waals surface area contributed by atoms with Crippen molar-refractivity contribution in [3.63, 3.8) is 0 Å². The van der Waals surface area contributed by atoms with Crippen molar-refractivity contribution in [3.05, 3.63) is 29.8 Å². The number of aliphatic hydroxyl groups is 3. The van der Waals surface area contributed by atoms with Crippen molar-refractivity contribution in [2.75, 3.05) is 13.2 Å². The number of ketones is 1. The third-order valence-corrected chi connectivity index (χ3v) is 4.23. The van der Waals surface area contributed by atoms with Gasteiger partial charge in [-0.2, -0.15) is 4.39 Å². The molecule has 2 heterocycles. The second-order valence-electron chi connectivity index (χ2n) is 5.74. The first-order chi connectivity index (χ1) is 11.5. The number of likely N-dealkylation sites (tertiary alicyclic amines) is 1. The molecule has 0 saturated carbocycles. The van der Waals surface area contributed by atoms with E-state index in [1.54, 1.807) is 11.8 Å². The molecule has 130 valence electrons. The Labute approximate surface area is 139 Å². The Balaban J connectivity index is 2.14. The average Bonchev–Trinajstić information content (AvgIpc) is 2.80. The van der Waals surface area contributed by atoms with E-state index < -0.39 is 30.2 Å². The maximum Gasteiger partial charge on any atom is 0.212 e. The first kappa shape index (κ1) is 18.5. The van der Waals surface area contributed by atoms with E-state index >= 15 is 0 Å². The molecular formula is C17H21FN2O4. The molecule has 1 aromatic rings. The van der Waals surface area contributed by atoms with Crippen LogP contribution in [0.1, 0.15) is 25.3 Å². The van der Waals surface area contributed by atoms with E-state index in [9.17, 15) is 24.5 Å². The molecule has 0 spiro atoms. The first-order valence-corrected chi connectivity index (χ1v) is 7.82. The van der Waals surface area contributed by atoms with Gasteiger partial charge in [-0.3, -0.25) is 9.69 Å². The van der Waals surface area contributed by atoms with E-state index in [0.29, 0.717) is 12.0 Å². The first-order valence-electron chi connectivity index (χ1n) is 7.82. The summed E-state index contributed by atoms with van der Waals surface area (Å²) in [6, 6.07) is 1.41. The molecule has 4 atom stereocenters. The van der Waals surface area contributed by atoms with Crippen LogP contribution in [0, 0.1) is 17.8 Å². The summed E-state index contributed by atoms with van der Waals surface area (Å²) >= 11 is 0. The van der Waals surface area contributed by atoms with Crippen LogP contribution in [0.15, 0.2) is 18.3 Å². The second-order valence-corrected chi connectivity index (χ2v) is 5.74. The molecule has 1 fully saturated rings. The van der Waals surface area contributed by atoms with E-state index in [0.717, 1.165) is 0 Å². The highest BCUT2D eigenvalue weighted by atomic mass is 19.1. The molecule has 1 aliphatic rings. The number of nitrogens with zero attached hydrogens (tertiary/aromatic N) is 2. The van der Waals surface area contributed by atoms with Crippen molar-refractivity contribution in [1.29, 1.82) is 0 Å². The number of pyridine rings is 1. The van der Waals surface area contributed by atoms with E-state index in [4.69, 9.17) is 0 Å². The standard InChI is InChI=1S/C17H21FN2O4/c1-2-12(22)8-13-16(23)17(24)14(10-21)20(13)7-3-4-11-5-6-15(18)19-9-11/h5-6,9,13-14,16-17,21,23-24H,2,7-8,10H2,1H3/t13-,14-,16-,17-/m1/s1. The molecule has 24 heavy (non-hydrogen) atoms. The van der Waals surface area contributed by atoms with Crippen molar-refractivity contribution in [2.24, 2.45) is 0 Å². The lowest BCUT2D eigenvalue weighted by Gasteiger charge is -2.27. The van der Waals surface area contributed by atoms with E-state index in [1.807, 2.05) is 0 Å². The lowest BCUT2D eigenvalue weighted by molar-refractivity contribution is -0.120. The monoisotopic (exact) mass is 336 g/mol. The Hall–Kier alpha value is -1.85. The Bertz CT molecular complexity index is 626. The Morgan fingerprint density at radius 3 is 2.62 bits per heavy atom. The highest BCUT2D eigenvalue weighted by molar-refractivity contribution is 5.78. The van der Waals surface area contributed by atoms with Gasteiger partial charge in [0.15, 0.2) is 0 Å². The average molecular weight is 336 g/mol. The predicted octanol–water partition coefficient (Wildman–Crippen LogP) is -0.292. The molecule has 0 bridgehead atoms. The van der Waals surface area contributed by atoms with Crippen LogP contribution in [-0.2, 0) is 4.79 Å². The minimum absolute atomic E-state index is 0.0365. The summed E-state index contributed by atoms with van der Waals surface area (Å²) in [5, 5.41) is 29.7. The summed E-state index contributed by atoms with van der Waals surface area (Å²) in [5.41, 5.74) is 0.526. The molecule has 0 unspecified atom stereocenters. The third kappa shape index (κ3) is 4.16. The van der Waals surface area contributed by atoms with Gasteiger partial charge in [-0.25, -0.2) is 4.98 Å². The van der Waals surface area contributed by atoms with Gasteiger partial charge in [0, 0.05) is 30.6 Å². The summed E-state index contributed by atoms with van der Waals surface area (Å²) in [6.07, 6.45) is -0.530. The lowest BCUT2D eigenvalue weighted by Crippen LogP contribution is -2.42. The summed E-state index contributed by atoms with van der Waals surface area (Å²) < 4.78 is 12.8. The fourth-order valence-corrected chi connectivity index (χ4v) is 2.84. The van der Waals surface area contributed by atoms with Gasteiger partial charge in [0.2, 0.25) is 5.95 Å². The summed E-state index contributed by atoms with van der Waals surface area (Å²) in [7, 11) is 0. The zero-order valence-corrected chi connectivity index (χ0v) is 13.4. The van der Waals surface area contributed by atoms with Gasteiger partial charge in [-0.05, 0) is 12.1 Å². The fraction of sp³-hybridized carbons (Fsp3) is 0.529. The van der Waals surface area contributed by atoms with Crippen molar-refractivity contribution in [1.82, 2.24) is 9.88 Å². The largest absolute Gasteiger partial charge is 0.395 e. The zero-order valence-electron chi connectivity index (χ0n) is 13.4. The molecule has 1 aromatic heterocycles. The Morgan fingerprint density at radius 2 is 2.04 bits per heavy atom. The van der Waals surface area contributed by atoms with Crippen LogP contribution in [0.25, 0.3) is 0 Å². The minimum Gasteiger partial charge on any atom is -0.395 e. The van der Waals surface area contributed by atoms with E-state index in [-0.39, 0.29) is 25.4 Å². The number of carbonyl (C=O) groups excluding carboxylic acids is 1. The van der Waals surface area contributed by atoms with Gasteiger partial charge in [-0.15, -0.1) is 0 Å². The van der Waals surface area contributed by atoms with Crippen LogP contribution < -0.4 is 0 Å². The molecule has 7 heteroatoms. The molecule has 2 rings (SSSR count). The van der Waals surface area contributed by atoms with Crippen molar-refractivity contribution < 1.29 is 24.5 Å². The van der Waals surface area contributed by atoms with Crippen LogP contribution in [0.2, 0.25) is 0 Å². The number of hydrogen-bond acceptors (Lipinski definition) is 6. The molecule has 3 N–H and O–H groups in total. The number of aliphatic hydroxyl groups excluding tert-OH is 3. The van der Waals surface area contributed by atoms with Crippen molar-refractivity contribution >= 4 is 5.78 Å². The van der Waals surface area contributed by atoms with Crippen LogP contribution in [0.4, 0.5) is 4.39 Å². The summed E-state index contributed by atoms with van der Waals surface area (Å²) in [6.45, 7) is 1.53. The summed E-state index contributed by atoms with van der Waals surface area (Å²) in [4.78, 5) is 16.9. The second kappa shape index (κ2) is 8.31. The predicted molar refractivity (Wildman–Crippen MR) is 84.4 cm³/mol. The smallest absolute Gasteiger partial charge is 0.212 e. The Morgan fingerprint density at radius 1 is 1.33 bits per heavy atom. The molecule has 0 radical (unpaired) electrons. The number of halogens is 1. The maximum atomic E-state index is 12.8. The van der Waals surface area contributed by atoms with Crippen molar-refractivity contribution in [2.45, 2.75) is 44.1 Å². The molecule has 0 aliphatic carbocycles. The topological polar surface area (TPSA) is 93.9 Å². The van der Waals surface area contributed by atoms with Crippen molar-refractivity contribution in [3.8, 4) is 11.8 Å².